The van der Waals surface area contributed by atoms with Crippen molar-refractivity contribution in [1.29, 1.82) is 0 Å². The van der Waals surface area contributed by atoms with Crippen molar-refractivity contribution >= 4 is 66.7 Å². The summed E-state index contributed by atoms with van der Waals surface area (Å²) in [5, 5.41) is 0. The molecule has 25 heavy (non-hydrogen) atoms. The zero-order valence-electron chi connectivity index (χ0n) is 16.7. The van der Waals surface area contributed by atoms with E-state index in [-0.39, 0.29) is 66.7 Å². The fourth-order valence-electron chi connectivity index (χ4n) is 4.99. The molecule has 0 bridgehead atoms. The molecule has 2 nitrogen and oxygen atoms in total. The second-order valence-electron chi connectivity index (χ2n) is 9.95. The quantitative estimate of drug-likeness (QED) is 0.577. The summed E-state index contributed by atoms with van der Waals surface area (Å²) >= 11 is -0.970. The molecule has 0 aliphatic carbocycles. The second kappa shape index (κ2) is 11.0. The first-order valence-corrected chi connectivity index (χ1v) is 11.6. The molecule has 2 heterocycles. The summed E-state index contributed by atoms with van der Waals surface area (Å²) in [4.78, 5) is 0. The van der Waals surface area contributed by atoms with Gasteiger partial charge in [-0.15, -0.1) is 24.8 Å². The molecule has 7 heteroatoms. The van der Waals surface area contributed by atoms with E-state index in [2.05, 4.69) is 62.7 Å². The van der Waals surface area contributed by atoms with Crippen LogP contribution in [0.25, 0.3) is 0 Å². The van der Waals surface area contributed by atoms with Crippen molar-refractivity contribution in [3.8, 4) is 0 Å². The van der Waals surface area contributed by atoms with Crippen LogP contribution < -0.4 is 0 Å². The van der Waals surface area contributed by atoms with Gasteiger partial charge >= 0.3 is 183 Å². The number of hydrogen-bond acceptors (Lipinski definition) is 2. The molecule has 0 radical (unpaired) electrons. The van der Waals surface area contributed by atoms with Gasteiger partial charge in [-0.2, -0.15) is 0 Å². The van der Waals surface area contributed by atoms with Crippen LogP contribution in [-0.2, 0) is 17.6 Å². The normalized spacial score (nSPS) is 26.6. The summed E-state index contributed by atoms with van der Waals surface area (Å²) in [5.41, 5.74) is 1.58. The van der Waals surface area contributed by atoms with Gasteiger partial charge in [0.15, 0.2) is 0 Å². The minimum atomic E-state index is -0.970. The number of piperidine rings is 2. The first-order valence-electron chi connectivity index (χ1n) is 8.94. The molecule has 0 aromatic carbocycles. The fraction of sp³-hybridized carbons (Fsp3) is 1.00. The van der Waals surface area contributed by atoms with Crippen molar-refractivity contribution in [1.82, 2.24) is 7.29 Å². The topological polar surface area (TPSA) is 6.48 Å². The van der Waals surface area contributed by atoms with Crippen molar-refractivity contribution in [3.63, 3.8) is 0 Å². The predicted octanol–water partition coefficient (Wildman–Crippen LogP) is 4.26. The minimum Gasteiger partial charge on any atom is 0.316 e. The summed E-state index contributed by atoms with van der Waals surface area (Å²) in [6.45, 7) is 19.9. The molecule has 0 aromatic rings. The molecule has 2 saturated heterocycles. The molecule has 0 atom stereocenters. The Kier molecular flexibility index (Phi) is 14.2. The largest absolute Gasteiger partial charge is 0.316 e. The van der Waals surface area contributed by atoms with Crippen LogP contribution in [0.1, 0.15) is 93.9 Å². The fourth-order valence-corrected chi connectivity index (χ4v) is 10.1. The van der Waals surface area contributed by atoms with E-state index in [9.17, 15) is 0 Å². The summed E-state index contributed by atoms with van der Waals surface area (Å²) < 4.78 is 5.96. The summed E-state index contributed by atoms with van der Waals surface area (Å²) in [6, 6.07) is 0. The van der Waals surface area contributed by atoms with Crippen LogP contribution in [0.4, 0.5) is 0 Å². The van der Waals surface area contributed by atoms with Crippen LogP contribution in [0.2, 0.25) is 0 Å². The van der Waals surface area contributed by atoms with E-state index in [0.717, 1.165) is 0 Å². The monoisotopic (exact) mass is 450 g/mol. The Labute approximate surface area is 206 Å². The maximum atomic E-state index is 2.98. The van der Waals surface area contributed by atoms with E-state index in [1.54, 1.807) is 0 Å². The Morgan fingerprint density at radius 2 is 0.760 bits per heavy atom. The predicted molar refractivity (Wildman–Crippen MR) is 118 cm³/mol. The van der Waals surface area contributed by atoms with Crippen LogP contribution in [0.5, 0.6) is 0 Å². The molecule has 142 valence electrons. The van der Waals surface area contributed by atoms with Crippen molar-refractivity contribution in [2.24, 2.45) is 0 Å². The number of rotatable bonds is 2. The van der Waals surface area contributed by atoms with Crippen LogP contribution in [-0.4, -0.2) is 71.4 Å². The molecule has 0 amide bonds. The van der Waals surface area contributed by atoms with Crippen LogP contribution in [0.3, 0.4) is 0 Å². The van der Waals surface area contributed by atoms with Crippen LogP contribution in [0, 0.1) is 0 Å². The number of hydrogen-bond donors (Lipinski definition) is 0. The Balaban J connectivity index is -0.00000121. The van der Waals surface area contributed by atoms with E-state index in [4.69, 9.17) is 0 Å². The number of halogens is 2. The average Bonchev–Trinajstić information content (AvgIpc) is 2.23. The van der Waals surface area contributed by atoms with Crippen molar-refractivity contribution in [3.05, 3.63) is 0 Å². The first-order chi connectivity index (χ1) is 9.39. The van der Waals surface area contributed by atoms with Gasteiger partial charge in [0.05, 0.1) is 0 Å². The van der Waals surface area contributed by atoms with Crippen LogP contribution >= 0.6 is 24.8 Å². The van der Waals surface area contributed by atoms with Crippen molar-refractivity contribution in [2.75, 3.05) is 0 Å². The molecule has 0 saturated carbocycles. The summed E-state index contributed by atoms with van der Waals surface area (Å²) in [6.07, 6.45) is 8.27. The van der Waals surface area contributed by atoms with E-state index < -0.39 is 17.6 Å². The zero-order valence-corrected chi connectivity index (χ0v) is 21.3. The van der Waals surface area contributed by atoms with E-state index in [0.29, 0.717) is 22.2 Å². The van der Waals surface area contributed by atoms with Gasteiger partial charge in [-0.05, 0) is 0 Å². The summed E-state index contributed by atoms with van der Waals surface area (Å²) in [7, 11) is 0. The van der Waals surface area contributed by atoms with E-state index in [1.165, 1.54) is 38.5 Å². The zero-order chi connectivity index (χ0) is 16.1. The van der Waals surface area contributed by atoms with E-state index >= 15 is 0 Å². The molecule has 0 aromatic heterocycles. The third kappa shape index (κ3) is 7.35. The Bertz CT molecular complexity index is 339. The average molecular weight is 453 g/mol. The molecule has 2 rings (SSSR count). The summed E-state index contributed by atoms with van der Waals surface area (Å²) in [5.74, 6) is 0. The smallest absolute Gasteiger partial charge is 0.316 e. The SMILES string of the molecule is CC1(C)CCCC(C)(C)[N]1[Zn][N]1C(C)(C)CCCC1(C)C.Cl.Cl.[LiH].[MgH2]. The molecule has 0 spiro atoms. The molecular weight excluding hydrogens is 412 g/mol. The standard InChI is InChI=1S/2C9H18N.2ClH.Li.Mg.Zn.3H/c2*1-8(2)6-5-7-9(3,4)10-8;;;;;;;;/h2*5-7H2,1-4H3;2*1H;;;;;;/q2*-1;;;;;+2;;;. The minimum absolute atomic E-state index is 0. The Hall–Kier alpha value is 2.49. The van der Waals surface area contributed by atoms with Crippen molar-refractivity contribution in [2.45, 2.75) is 116 Å². The Morgan fingerprint density at radius 3 is 0.960 bits per heavy atom. The molecule has 2 aliphatic heterocycles. The maximum absolute atomic E-state index is 2.98. The molecule has 0 unspecified atom stereocenters. The van der Waals surface area contributed by atoms with Gasteiger partial charge in [0.2, 0.25) is 0 Å². The van der Waals surface area contributed by atoms with Gasteiger partial charge in [0, 0.05) is 0 Å². The first kappa shape index (κ1) is 32.2. The maximum Gasteiger partial charge on any atom is 0.316 e. The number of nitrogens with zero attached hydrogens (tertiary/aromatic N) is 2. The van der Waals surface area contributed by atoms with Gasteiger partial charge in [-0.25, -0.2) is 0 Å². The van der Waals surface area contributed by atoms with E-state index in [1.807, 2.05) is 0 Å². The van der Waals surface area contributed by atoms with Gasteiger partial charge in [-0.3, -0.25) is 0 Å². The third-order valence-corrected chi connectivity index (χ3v) is 14.7. The molecule has 2 aliphatic rings. The van der Waals surface area contributed by atoms with Gasteiger partial charge in [0.1, 0.15) is 0 Å². The van der Waals surface area contributed by atoms with Crippen molar-refractivity contribution < 1.29 is 17.6 Å². The van der Waals surface area contributed by atoms with Gasteiger partial charge in [-0.1, -0.05) is 0 Å². The van der Waals surface area contributed by atoms with Gasteiger partial charge < -0.3 is 0 Å². The Morgan fingerprint density at radius 1 is 0.560 bits per heavy atom. The van der Waals surface area contributed by atoms with Crippen LogP contribution in [0.15, 0.2) is 0 Å². The third-order valence-electron chi connectivity index (χ3n) is 6.36. The molecule has 2 fully saturated rings. The molecule has 0 N–H and O–H groups in total. The molecular formula is C18H41Cl2LiMgN2Zn. The van der Waals surface area contributed by atoms with Gasteiger partial charge in [0.25, 0.3) is 0 Å². The second-order valence-corrected chi connectivity index (χ2v) is 13.2.